The van der Waals surface area contributed by atoms with Crippen molar-refractivity contribution in [1.82, 2.24) is 10.6 Å². The van der Waals surface area contributed by atoms with E-state index >= 15 is 0 Å². The van der Waals surface area contributed by atoms with Crippen molar-refractivity contribution in [3.8, 4) is 0 Å². The van der Waals surface area contributed by atoms with Crippen LogP contribution in [0.5, 0.6) is 0 Å². The van der Waals surface area contributed by atoms with Crippen molar-refractivity contribution in [3.63, 3.8) is 0 Å². The van der Waals surface area contributed by atoms with E-state index in [1.807, 2.05) is 24.3 Å². The summed E-state index contributed by atoms with van der Waals surface area (Å²) in [5.74, 6) is 1.49. The predicted molar refractivity (Wildman–Crippen MR) is 115 cm³/mol. The fourth-order valence-electron chi connectivity index (χ4n) is 2.93. The Balaban J connectivity index is 0.00000261. The van der Waals surface area contributed by atoms with Gasteiger partial charge in [0.05, 0.1) is 18.9 Å². The molecule has 2 heterocycles. The van der Waals surface area contributed by atoms with E-state index in [9.17, 15) is 4.39 Å². The zero-order valence-electron chi connectivity index (χ0n) is 15.3. The minimum Gasteiger partial charge on any atom is -0.469 e. The molecule has 0 radical (unpaired) electrons. The van der Waals surface area contributed by atoms with Crippen LogP contribution in [0.4, 0.5) is 4.39 Å². The van der Waals surface area contributed by atoms with Gasteiger partial charge in [-0.1, -0.05) is 18.2 Å². The van der Waals surface area contributed by atoms with Crippen molar-refractivity contribution in [1.29, 1.82) is 0 Å². The third-order valence-electron chi connectivity index (χ3n) is 4.37. The van der Waals surface area contributed by atoms with E-state index in [2.05, 4.69) is 15.6 Å². The lowest BCUT2D eigenvalue weighted by molar-refractivity contribution is 0.117. The first kappa shape index (κ1) is 21.7. The highest BCUT2D eigenvalue weighted by Gasteiger charge is 2.15. The Morgan fingerprint density at radius 1 is 1.11 bits per heavy atom. The third-order valence-corrected chi connectivity index (χ3v) is 4.37. The van der Waals surface area contributed by atoms with Crippen molar-refractivity contribution in [2.45, 2.75) is 31.8 Å². The highest BCUT2D eigenvalue weighted by Crippen LogP contribution is 2.11. The molecule has 27 heavy (non-hydrogen) atoms. The van der Waals surface area contributed by atoms with Gasteiger partial charge in [-0.2, -0.15) is 0 Å². The first-order chi connectivity index (χ1) is 12.8. The SMILES string of the molecule is Fc1ccccc1CCNC(=NCC1CCCO1)NCCc1ccco1.I. The van der Waals surface area contributed by atoms with Crippen molar-refractivity contribution in [3.05, 3.63) is 59.8 Å². The van der Waals surface area contributed by atoms with Crippen LogP contribution < -0.4 is 10.6 Å². The average molecular weight is 487 g/mol. The van der Waals surface area contributed by atoms with Crippen LogP contribution >= 0.6 is 24.0 Å². The Morgan fingerprint density at radius 2 is 1.93 bits per heavy atom. The molecule has 1 atom stereocenters. The first-order valence-electron chi connectivity index (χ1n) is 9.21. The van der Waals surface area contributed by atoms with E-state index < -0.39 is 0 Å². The second-order valence-electron chi connectivity index (χ2n) is 6.35. The minimum absolute atomic E-state index is 0. The highest BCUT2D eigenvalue weighted by atomic mass is 127. The molecule has 1 aromatic carbocycles. The maximum atomic E-state index is 13.7. The van der Waals surface area contributed by atoms with Gasteiger partial charge >= 0.3 is 0 Å². The molecule has 0 aliphatic carbocycles. The molecule has 2 aromatic rings. The van der Waals surface area contributed by atoms with Crippen LogP contribution in [0.1, 0.15) is 24.2 Å². The lowest BCUT2D eigenvalue weighted by atomic mass is 10.1. The number of hydrogen-bond donors (Lipinski definition) is 2. The Morgan fingerprint density at radius 3 is 2.63 bits per heavy atom. The maximum Gasteiger partial charge on any atom is 0.191 e. The summed E-state index contributed by atoms with van der Waals surface area (Å²) in [6, 6.07) is 10.7. The number of halogens is 2. The molecule has 1 aromatic heterocycles. The number of furan rings is 1. The Labute approximate surface area is 176 Å². The monoisotopic (exact) mass is 487 g/mol. The van der Waals surface area contributed by atoms with Crippen LogP contribution in [0.15, 0.2) is 52.1 Å². The third kappa shape index (κ3) is 7.50. The molecule has 5 nitrogen and oxygen atoms in total. The van der Waals surface area contributed by atoms with Crippen LogP contribution in [-0.4, -0.2) is 38.3 Å². The average Bonchev–Trinajstić information content (AvgIpc) is 3.34. The molecule has 1 saturated heterocycles. The topological polar surface area (TPSA) is 58.8 Å². The van der Waals surface area contributed by atoms with Gasteiger partial charge in [-0.25, -0.2) is 4.39 Å². The number of nitrogens with zero attached hydrogens (tertiary/aromatic N) is 1. The molecule has 7 heteroatoms. The fraction of sp³-hybridized carbons (Fsp3) is 0.450. The molecule has 1 aliphatic rings. The van der Waals surface area contributed by atoms with E-state index in [0.29, 0.717) is 31.6 Å². The summed E-state index contributed by atoms with van der Waals surface area (Å²) < 4.78 is 24.7. The standard InChI is InChI=1S/C20H26FN3O2.HI/c21-19-8-2-1-5-16(19)9-11-22-20(24-15-18-7-4-14-26-18)23-12-10-17-6-3-13-25-17;/h1-3,5-6,8,13,18H,4,7,9-12,14-15H2,(H2,22,23,24);1H. The molecule has 2 N–H and O–H groups in total. The normalized spacial score (nSPS) is 16.8. The predicted octanol–water partition coefficient (Wildman–Crippen LogP) is 3.54. The van der Waals surface area contributed by atoms with Gasteiger partial charge in [-0.15, -0.1) is 24.0 Å². The second-order valence-corrected chi connectivity index (χ2v) is 6.35. The number of hydrogen-bond acceptors (Lipinski definition) is 3. The molecular weight excluding hydrogens is 460 g/mol. The van der Waals surface area contributed by atoms with E-state index in [-0.39, 0.29) is 35.9 Å². The molecule has 0 spiro atoms. The zero-order chi connectivity index (χ0) is 18.0. The van der Waals surface area contributed by atoms with E-state index in [0.717, 1.165) is 37.6 Å². The van der Waals surface area contributed by atoms with Crippen molar-refractivity contribution in [2.24, 2.45) is 4.99 Å². The largest absolute Gasteiger partial charge is 0.469 e. The second kappa shape index (κ2) is 12.0. The van der Waals surface area contributed by atoms with Gasteiger partial charge in [0.1, 0.15) is 11.6 Å². The van der Waals surface area contributed by atoms with E-state index in [4.69, 9.17) is 9.15 Å². The van der Waals surface area contributed by atoms with Crippen molar-refractivity contribution >= 4 is 29.9 Å². The number of rotatable bonds is 8. The number of ether oxygens (including phenoxy) is 1. The number of nitrogens with one attached hydrogen (secondary N) is 2. The zero-order valence-corrected chi connectivity index (χ0v) is 17.7. The fourth-order valence-corrected chi connectivity index (χ4v) is 2.93. The van der Waals surface area contributed by atoms with E-state index in [1.165, 1.54) is 6.07 Å². The molecule has 0 bridgehead atoms. The summed E-state index contributed by atoms with van der Waals surface area (Å²) in [6.07, 6.45) is 5.41. The van der Waals surface area contributed by atoms with Crippen LogP contribution in [0, 0.1) is 5.82 Å². The Hall–Kier alpha value is -1.61. The smallest absolute Gasteiger partial charge is 0.191 e. The van der Waals surface area contributed by atoms with Gasteiger partial charge in [-0.3, -0.25) is 4.99 Å². The first-order valence-corrected chi connectivity index (χ1v) is 9.21. The van der Waals surface area contributed by atoms with Gasteiger partial charge in [0.2, 0.25) is 0 Å². The number of benzene rings is 1. The number of guanidine groups is 1. The van der Waals surface area contributed by atoms with Crippen molar-refractivity contribution in [2.75, 3.05) is 26.2 Å². The summed E-state index contributed by atoms with van der Waals surface area (Å²) in [7, 11) is 0. The van der Waals surface area contributed by atoms with Gasteiger partial charge in [-0.05, 0) is 43.0 Å². The van der Waals surface area contributed by atoms with Crippen LogP contribution in [-0.2, 0) is 17.6 Å². The van der Waals surface area contributed by atoms with Gasteiger partial charge < -0.3 is 19.8 Å². The lowest BCUT2D eigenvalue weighted by Crippen LogP contribution is -2.40. The van der Waals surface area contributed by atoms with E-state index in [1.54, 1.807) is 12.3 Å². The molecular formula is C20H27FIN3O2. The van der Waals surface area contributed by atoms with Crippen molar-refractivity contribution < 1.29 is 13.5 Å². The summed E-state index contributed by atoms with van der Waals surface area (Å²) >= 11 is 0. The summed E-state index contributed by atoms with van der Waals surface area (Å²) in [6.45, 7) is 2.78. The van der Waals surface area contributed by atoms with Gasteiger partial charge in [0.15, 0.2) is 5.96 Å². The summed E-state index contributed by atoms with van der Waals surface area (Å²) in [5.41, 5.74) is 0.703. The van der Waals surface area contributed by atoms with Gasteiger partial charge in [0.25, 0.3) is 0 Å². The maximum absolute atomic E-state index is 13.7. The molecule has 0 amide bonds. The summed E-state index contributed by atoms with van der Waals surface area (Å²) in [5, 5.41) is 6.60. The highest BCUT2D eigenvalue weighted by molar-refractivity contribution is 14.0. The Bertz CT molecular complexity index is 688. The lowest BCUT2D eigenvalue weighted by Gasteiger charge is -2.14. The minimum atomic E-state index is -0.169. The molecule has 1 fully saturated rings. The molecule has 3 rings (SSSR count). The van der Waals surface area contributed by atoms with Crippen LogP contribution in [0.25, 0.3) is 0 Å². The van der Waals surface area contributed by atoms with Crippen LogP contribution in [0.2, 0.25) is 0 Å². The summed E-state index contributed by atoms with van der Waals surface area (Å²) in [4.78, 5) is 4.62. The van der Waals surface area contributed by atoms with Gasteiger partial charge in [0, 0.05) is 26.1 Å². The molecule has 1 aliphatic heterocycles. The molecule has 0 saturated carbocycles. The Kier molecular flexibility index (Phi) is 9.61. The number of aliphatic imine (C=N–C) groups is 1. The molecule has 148 valence electrons. The quantitative estimate of drug-likeness (QED) is 0.340. The van der Waals surface area contributed by atoms with Crippen LogP contribution in [0.3, 0.4) is 0 Å². The molecule has 1 unspecified atom stereocenters.